The third kappa shape index (κ3) is 4.21. The number of aryl methyl sites for hydroxylation is 1. The summed E-state index contributed by atoms with van der Waals surface area (Å²) in [6.45, 7) is 6.05. The first kappa shape index (κ1) is 21.9. The van der Waals surface area contributed by atoms with Crippen molar-refractivity contribution in [2.24, 2.45) is 5.41 Å². The summed E-state index contributed by atoms with van der Waals surface area (Å²) in [6.07, 6.45) is 1.22. The Kier molecular flexibility index (Phi) is 5.48. The van der Waals surface area contributed by atoms with Gasteiger partial charge >= 0.3 is 0 Å². The Balaban J connectivity index is 1.63. The van der Waals surface area contributed by atoms with Crippen LogP contribution in [0.15, 0.2) is 76.5 Å². The molecule has 7 heteroatoms. The maximum Gasteiger partial charge on any atom is 0.245 e. The lowest BCUT2D eigenvalue weighted by atomic mass is 9.73. The molecule has 1 aliphatic heterocycles. The maximum absolute atomic E-state index is 13.6. The molecule has 1 unspecified atom stereocenters. The van der Waals surface area contributed by atoms with Gasteiger partial charge in [-0.2, -0.15) is 0 Å². The van der Waals surface area contributed by atoms with Crippen molar-refractivity contribution in [1.82, 2.24) is 5.16 Å². The van der Waals surface area contributed by atoms with E-state index in [-0.39, 0.29) is 23.7 Å². The first-order valence-electron chi connectivity index (χ1n) is 11.5. The van der Waals surface area contributed by atoms with Crippen molar-refractivity contribution < 1.29 is 14.1 Å². The molecule has 0 saturated heterocycles. The molecule has 0 saturated carbocycles. The van der Waals surface area contributed by atoms with E-state index in [1.807, 2.05) is 59.5 Å². The first-order valence-corrected chi connectivity index (χ1v) is 11.5. The minimum absolute atomic E-state index is 0.0393. The van der Waals surface area contributed by atoms with Gasteiger partial charge in [-0.1, -0.05) is 61.5 Å². The number of rotatable bonds is 4. The topological polar surface area (TPSA) is 87.5 Å². The summed E-state index contributed by atoms with van der Waals surface area (Å²) >= 11 is 0. The molecule has 2 N–H and O–H groups in total. The van der Waals surface area contributed by atoms with Crippen LogP contribution in [-0.2, 0) is 9.59 Å². The van der Waals surface area contributed by atoms with E-state index in [4.69, 9.17) is 4.52 Å². The van der Waals surface area contributed by atoms with Crippen molar-refractivity contribution in [3.8, 4) is 0 Å². The van der Waals surface area contributed by atoms with Crippen LogP contribution in [0.3, 0.4) is 0 Å². The maximum atomic E-state index is 13.6. The van der Waals surface area contributed by atoms with E-state index in [0.717, 1.165) is 34.6 Å². The highest BCUT2D eigenvalue weighted by Gasteiger charge is 2.41. The van der Waals surface area contributed by atoms with Crippen molar-refractivity contribution in [3.05, 3.63) is 83.3 Å². The van der Waals surface area contributed by atoms with Crippen molar-refractivity contribution in [2.45, 2.75) is 39.7 Å². The van der Waals surface area contributed by atoms with E-state index in [9.17, 15) is 9.59 Å². The van der Waals surface area contributed by atoms with E-state index in [1.165, 1.54) is 0 Å². The van der Waals surface area contributed by atoms with Crippen LogP contribution in [0.1, 0.15) is 44.1 Å². The Morgan fingerprint density at radius 2 is 1.88 bits per heavy atom. The van der Waals surface area contributed by atoms with Crippen LogP contribution in [0, 0.1) is 12.3 Å². The largest absolute Gasteiger partial charge is 0.360 e. The predicted molar refractivity (Wildman–Crippen MR) is 132 cm³/mol. The zero-order valence-corrected chi connectivity index (χ0v) is 19.6. The van der Waals surface area contributed by atoms with Crippen LogP contribution < -0.4 is 15.5 Å². The molecule has 0 spiro atoms. The van der Waals surface area contributed by atoms with E-state index >= 15 is 0 Å². The first-order chi connectivity index (χ1) is 16.3. The van der Waals surface area contributed by atoms with E-state index in [0.29, 0.717) is 18.0 Å². The van der Waals surface area contributed by atoms with Gasteiger partial charge in [-0.25, -0.2) is 0 Å². The number of Topliss-reactive ketones (excluding diaryl/α,β-unsaturated/α-hetero) is 1. The number of allylic oxidation sites excluding steroid dienone is 1. The molecular weight excluding hydrogens is 428 g/mol. The number of benzene rings is 2. The Hall–Kier alpha value is -3.87. The van der Waals surface area contributed by atoms with Gasteiger partial charge in [-0.15, -0.1) is 0 Å². The summed E-state index contributed by atoms with van der Waals surface area (Å²) in [5, 5.41) is 10.3. The number of para-hydroxylation sites is 2. The number of nitrogens with one attached hydrogen (secondary N) is 2. The fraction of sp³-hybridized carbons (Fsp3) is 0.296. The number of ketones is 1. The third-order valence-electron chi connectivity index (χ3n) is 6.33. The minimum atomic E-state index is -0.402. The quantitative estimate of drug-likeness (QED) is 0.558. The SMILES string of the molecule is Cc1cc(NC(=O)CN2c3ccccc3NC3=C(C(=O)CC(C)(C)C3)C2c2ccccc2)no1. The summed E-state index contributed by atoms with van der Waals surface area (Å²) in [5.74, 6) is 0.858. The summed E-state index contributed by atoms with van der Waals surface area (Å²) < 4.78 is 5.09. The van der Waals surface area contributed by atoms with Crippen LogP contribution in [-0.4, -0.2) is 23.4 Å². The van der Waals surface area contributed by atoms with Crippen molar-refractivity contribution in [3.63, 3.8) is 0 Å². The van der Waals surface area contributed by atoms with Crippen molar-refractivity contribution in [2.75, 3.05) is 22.1 Å². The van der Waals surface area contributed by atoms with Gasteiger partial charge < -0.3 is 20.1 Å². The molecule has 7 nitrogen and oxygen atoms in total. The molecule has 1 aliphatic carbocycles. The number of anilines is 3. The Bertz CT molecular complexity index is 1280. The molecule has 2 aliphatic rings. The average Bonchev–Trinajstić information content (AvgIpc) is 3.13. The number of amides is 1. The van der Waals surface area contributed by atoms with Gasteiger partial charge in [-0.3, -0.25) is 9.59 Å². The van der Waals surface area contributed by atoms with Crippen LogP contribution >= 0.6 is 0 Å². The molecule has 0 bridgehead atoms. The lowest BCUT2D eigenvalue weighted by Gasteiger charge is -2.37. The fourth-order valence-electron chi connectivity index (χ4n) is 4.97. The van der Waals surface area contributed by atoms with Crippen LogP contribution in [0.5, 0.6) is 0 Å². The predicted octanol–water partition coefficient (Wildman–Crippen LogP) is 5.24. The lowest BCUT2D eigenvalue weighted by molar-refractivity contribution is -0.119. The molecule has 34 heavy (non-hydrogen) atoms. The Morgan fingerprint density at radius 3 is 2.62 bits per heavy atom. The number of aromatic nitrogens is 1. The lowest BCUT2D eigenvalue weighted by Crippen LogP contribution is -2.40. The standard InChI is InChI=1S/C27H28N4O3/c1-17-13-23(30-34-17)29-24(33)16-31-21-12-8-7-11-19(21)28-20-14-27(2,3)15-22(32)25(20)26(31)18-9-5-4-6-10-18/h4-13,26,28H,14-16H2,1-3H3,(H,29,30,33). The van der Waals surface area contributed by atoms with Gasteiger partial charge in [0.1, 0.15) is 5.76 Å². The van der Waals surface area contributed by atoms with Crippen molar-refractivity contribution in [1.29, 1.82) is 0 Å². The monoisotopic (exact) mass is 456 g/mol. The zero-order chi connectivity index (χ0) is 23.9. The number of nitrogens with zero attached hydrogens (tertiary/aromatic N) is 2. The number of hydrogen-bond donors (Lipinski definition) is 2. The molecular formula is C27H28N4O3. The van der Waals surface area contributed by atoms with Gasteiger partial charge in [0.05, 0.1) is 24.0 Å². The highest BCUT2D eigenvalue weighted by Crippen LogP contribution is 2.48. The van der Waals surface area contributed by atoms with Gasteiger partial charge in [0.25, 0.3) is 0 Å². The Morgan fingerprint density at radius 1 is 1.15 bits per heavy atom. The summed E-state index contributed by atoms with van der Waals surface area (Å²) in [6, 6.07) is 19.1. The number of fused-ring (bicyclic) bond motifs is 1. The minimum Gasteiger partial charge on any atom is -0.360 e. The second kappa shape index (κ2) is 8.48. The highest BCUT2D eigenvalue weighted by molar-refractivity contribution is 6.02. The van der Waals surface area contributed by atoms with E-state index in [2.05, 4.69) is 29.6 Å². The Labute approximate surface area is 198 Å². The van der Waals surface area contributed by atoms with Crippen LogP contribution in [0.4, 0.5) is 17.2 Å². The molecule has 174 valence electrons. The number of carbonyl (C=O) groups excluding carboxylic acids is 2. The molecule has 0 radical (unpaired) electrons. The molecule has 1 aromatic heterocycles. The molecule has 2 aromatic carbocycles. The normalized spacial score (nSPS) is 19.1. The van der Waals surface area contributed by atoms with Gasteiger partial charge in [0.2, 0.25) is 5.91 Å². The summed E-state index contributed by atoms with van der Waals surface area (Å²) in [5.41, 5.74) is 4.22. The molecule has 2 heterocycles. The highest BCUT2D eigenvalue weighted by atomic mass is 16.5. The average molecular weight is 457 g/mol. The number of carbonyl (C=O) groups is 2. The smallest absolute Gasteiger partial charge is 0.245 e. The van der Waals surface area contributed by atoms with Crippen LogP contribution in [0.2, 0.25) is 0 Å². The second-order valence-corrected chi connectivity index (χ2v) is 9.79. The van der Waals surface area contributed by atoms with Crippen molar-refractivity contribution >= 4 is 28.9 Å². The second-order valence-electron chi connectivity index (χ2n) is 9.79. The van der Waals surface area contributed by atoms with Crippen LogP contribution in [0.25, 0.3) is 0 Å². The summed E-state index contributed by atoms with van der Waals surface area (Å²) in [7, 11) is 0. The molecule has 5 rings (SSSR count). The number of hydrogen-bond acceptors (Lipinski definition) is 6. The zero-order valence-electron chi connectivity index (χ0n) is 19.6. The third-order valence-corrected chi connectivity index (χ3v) is 6.33. The van der Waals surface area contributed by atoms with Gasteiger partial charge in [0.15, 0.2) is 11.6 Å². The van der Waals surface area contributed by atoms with E-state index in [1.54, 1.807) is 13.0 Å². The summed E-state index contributed by atoms with van der Waals surface area (Å²) in [4.78, 5) is 28.8. The van der Waals surface area contributed by atoms with E-state index < -0.39 is 6.04 Å². The van der Waals surface area contributed by atoms with Gasteiger partial charge in [-0.05, 0) is 36.5 Å². The van der Waals surface area contributed by atoms with Gasteiger partial charge in [0, 0.05) is 23.8 Å². The molecule has 1 atom stereocenters. The fourth-order valence-corrected chi connectivity index (χ4v) is 4.97. The molecule has 1 amide bonds. The molecule has 0 fully saturated rings. The molecule has 3 aromatic rings.